The number of hydrogen-bond donors (Lipinski definition) is 2. The Balaban J connectivity index is 1.99. The minimum Gasteiger partial charge on any atom is -0.345 e. The predicted molar refractivity (Wildman–Crippen MR) is 50.9 cm³/mol. The lowest BCUT2D eigenvalue weighted by Crippen LogP contribution is -2.57. The Hall–Kier alpha value is -1.49. The fraction of sp³-hybridized carbons (Fsp3) is 0.444. The summed E-state index contributed by atoms with van der Waals surface area (Å²) in [6, 6.07) is 3.70. The van der Waals surface area contributed by atoms with Crippen molar-refractivity contribution in [1.82, 2.24) is 20.8 Å². The third kappa shape index (κ3) is 1.88. The van der Waals surface area contributed by atoms with Gasteiger partial charge in [-0.15, -0.1) is 5.10 Å². The molecular weight excluding hydrogens is 180 g/mol. The van der Waals surface area contributed by atoms with E-state index in [0.717, 1.165) is 18.8 Å². The van der Waals surface area contributed by atoms with Gasteiger partial charge in [-0.3, -0.25) is 4.79 Å². The third-order valence-electron chi connectivity index (χ3n) is 2.15. The van der Waals surface area contributed by atoms with Crippen LogP contribution in [0.25, 0.3) is 0 Å². The molecule has 5 heteroatoms. The van der Waals surface area contributed by atoms with Gasteiger partial charge in [0.1, 0.15) is 0 Å². The molecular formula is C9H12N4O. The molecule has 14 heavy (non-hydrogen) atoms. The van der Waals surface area contributed by atoms with Crippen LogP contribution in [0.2, 0.25) is 0 Å². The van der Waals surface area contributed by atoms with Crippen LogP contribution in [0.4, 0.5) is 0 Å². The van der Waals surface area contributed by atoms with Gasteiger partial charge in [0.05, 0.1) is 11.7 Å². The van der Waals surface area contributed by atoms with Gasteiger partial charge in [0, 0.05) is 13.1 Å². The van der Waals surface area contributed by atoms with Crippen LogP contribution in [-0.2, 0) is 0 Å². The lowest BCUT2D eigenvalue weighted by molar-refractivity contribution is 0.0917. The fourth-order valence-electron chi connectivity index (χ4n) is 1.17. The topological polar surface area (TPSA) is 66.9 Å². The highest BCUT2D eigenvalue weighted by Crippen LogP contribution is 1.97. The normalized spacial score (nSPS) is 16.1. The van der Waals surface area contributed by atoms with Gasteiger partial charge < -0.3 is 10.6 Å². The SMILES string of the molecule is Cc1ccc(C(=O)NC2CNC2)nn1. The van der Waals surface area contributed by atoms with Crippen LogP contribution in [0.15, 0.2) is 12.1 Å². The summed E-state index contributed by atoms with van der Waals surface area (Å²) in [5.41, 5.74) is 1.19. The van der Waals surface area contributed by atoms with Crippen LogP contribution < -0.4 is 10.6 Å². The molecule has 1 aliphatic heterocycles. The van der Waals surface area contributed by atoms with Gasteiger partial charge in [0.2, 0.25) is 0 Å². The molecule has 0 aromatic carbocycles. The first-order valence-corrected chi connectivity index (χ1v) is 4.57. The number of aryl methyl sites for hydroxylation is 1. The van der Waals surface area contributed by atoms with Crippen molar-refractivity contribution in [3.8, 4) is 0 Å². The van der Waals surface area contributed by atoms with E-state index >= 15 is 0 Å². The Morgan fingerprint density at radius 2 is 2.29 bits per heavy atom. The van der Waals surface area contributed by atoms with Gasteiger partial charge >= 0.3 is 0 Å². The highest BCUT2D eigenvalue weighted by atomic mass is 16.2. The Kier molecular flexibility index (Phi) is 2.41. The Morgan fingerprint density at radius 1 is 1.50 bits per heavy atom. The number of aromatic nitrogens is 2. The second-order valence-corrected chi connectivity index (χ2v) is 3.39. The van der Waals surface area contributed by atoms with Crippen LogP contribution in [0.1, 0.15) is 16.2 Å². The molecule has 0 aliphatic carbocycles. The Morgan fingerprint density at radius 3 is 2.79 bits per heavy atom. The fourth-order valence-corrected chi connectivity index (χ4v) is 1.17. The molecule has 1 saturated heterocycles. The molecule has 0 radical (unpaired) electrons. The highest BCUT2D eigenvalue weighted by molar-refractivity contribution is 5.92. The molecule has 0 atom stereocenters. The number of hydrogen-bond acceptors (Lipinski definition) is 4. The number of carbonyl (C=O) groups is 1. The quantitative estimate of drug-likeness (QED) is 0.662. The van der Waals surface area contributed by atoms with E-state index < -0.39 is 0 Å². The summed E-state index contributed by atoms with van der Waals surface area (Å²) in [7, 11) is 0. The van der Waals surface area contributed by atoms with Crippen LogP contribution in [0.5, 0.6) is 0 Å². The van der Waals surface area contributed by atoms with Crippen LogP contribution >= 0.6 is 0 Å². The summed E-state index contributed by atoms with van der Waals surface area (Å²) in [6.45, 7) is 3.51. The molecule has 1 aromatic rings. The average molecular weight is 192 g/mol. The molecule has 0 spiro atoms. The number of amides is 1. The molecule has 0 unspecified atom stereocenters. The molecule has 2 N–H and O–H groups in total. The van der Waals surface area contributed by atoms with Crippen molar-refractivity contribution in [2.75, 3.05) is 13.1 Å². The van der Waals surface area contributed by atoms with Crippen molar-refractivity contribution < 1.29 is 4.79 Å². The second kappa shape index (κ2) is 3.71. The van der Waals surface area contributed by atoms with Crippen molar-refractivity contribution in [2.24, 2.45) is 0 Å². The van der Waals surface area contributed by atoms with Crippen molar-refractivity contribution >= 4 is 5.91 Å². The maximum absolute atomic E-state index is 11.5. The third-order valence-corrected chi connectivity index (χ3v) is 2.15. The molecule has 2 rings (SSSR count). The van der Waals surface area contributed by atoms with Gasteiger partial charge in [-0.1, -0.05) is 0 Å². The maximum Gasteiger partial charge on any atom is 0.272 e. The molecule has 1 aromatic heterocycles. The summed E-state index contributed by atoms with van der Waals surface area (Å²) in [4.78, 5) is 11.5. The maximum atomic E-state index is 11.5. The molecule has 74 valence electrons. The number of rotatable bonds is 2. The van der Waals surface area contributed by atoms with Crippen molar-refractivity contribution in [2.45, 2.75) is 13.0 Å². The van der Waals surface area contributed by atoms with Gasteiger partial charge in [0.25, 0.3) is 5.91 Å². The van der Waals surface area contributed by atoms with E-state index in [1.54, 1.807) is 12.1 Å². The van der Waals surface area contributed by atoms with E-state index in [0.29, 0.717) is 5.69 Å². The molecule has 0 saturated carbocycles. The second-order valence-electron chi connectivity index (χ2n) is 3.39. The lowest BCUT2D eigenvalue weighted by Gasteiger charge is -2.27. The molecule has 1 aliphatic rings. The number of nitrogens with one attached hydrogen (secondary N) is 2. The first-order chi connectivity index (χ1) is 6.75. The molecule has 1 amide bonds. The molecule has 1 fully saturated rings. The van der Waals surface area contributed by atoms with Crippen LogP contribution in [-0.4, -0.2) is 35.2 Å². The van der Waals surface area contributed by atoms with E-state index in [1.165, 1.54) is 0 Å². The zero-order valence-electron chi connectivity index (χ0n) is 7.95. The standard InChI is InChI=1S/C9H12N4O/c1-6-2-3-8(13-12-6)9(14)11-7-4-10-5-7/h2-3,7,10H,4-5H2,1H3,(H,11,14). The minimum atomic E-state index is -0.149. The number of carbonyl (C=O) groups excluding carboxylic acids is 1. The van der Waals surface area contributed by atoms with Gasteiger partial charge in [-0.05, 0) is 19.1 Å². The van der Waals surface area contributed by atoms with Gasteiger partial charge in [-0.25, -0.2) is 0 Å². The van der Waals surface area contributed by atoms with Crippen LogP contribution in [0.3, 0.4) is 0 Å². The zero-order chi connectivity index (χ0) is 9.97. The first kappa shape index (κ1) is 9.08. The summed E-state index contributed by atoms with van der Waals surface area (Å²) in [6.07, 6.45) is 0. The van der Waals surface area contributed by atoms with Gasteiger partial charge in [-0.2, -0.15) is 5.10 Å². The summed E-state index contributed by atoms with van der Waals surface area (Å²) in [5.74, 6) is -0.149. The van der Waals surface area contributed by atoms with E-state index in [9.17, 15) is 4.79 Å². The predicted octanol–water partition coefficient (Wildman–Crippen LogP) is -0.513. The molecule has 5 nitrogen and oxygen atoms in total. The first-order valence-electron chi connectivity index (χ1n) is 4.57. The van der Waals surface area contributed by atoms with E-state index in [4.69, 9.17) is 0 Å². The summed E-state index contributed by atoms with van der Waals surface area (Å²) >= 11 is 0. The molecule has 2 heterocycles. The zero-order valence-corrected chi connectivity index (χ0v) is 7.95. The van der Waals surface area contributed by atoms with E-state index in [2.05, 4.69) is 20.8 Å². The van der Waals surface area contributed by atoms with Crippen LogP contribution in [0, 0.1) is 6.92 Å². The smallest absolute Gasteiger partial charge is 0.272 e. The van der Waals surface area contributed by atoms with Gasteiger partial charge in [0.15, 0.2) is 5.69 Å². The average Bonchev–Trinajstić information content (AvgIpc) is 2.12. The number of nitrogens with zero attached hydrogens (tertiary/aromatic N) is 2. The summed E-state index contributed by atoms with van der Waals surface area (Å²) < 4.78 is 0. The minimum absolute atomic E-state index is 0.149. The summed E-state index contributed by atoms with van der Waals surface area (Å²) in [5, 5.41) is 13.6. The largest absolute Gasteiger partial charge is 0.345 e. The lowest BCUT2D eigenvalue weighted by atomic mass is 10.2. The molecule has 0 bridgehead atoms. The Bertz CT molecular complexity index is 331. The van der Waals surface area contributed by atoms with E-state index in [1.807, 2.05) is 6.92 Å². The highest BCUT2D eigenvalue weighted by Gasteiger charge is 2.19. The van der Waals surface area contributed by atoms with Crippen molar-refractivity contribution in [1.29, 1.82) is 0 Å². The monoisotopic (exact) mass is 192 g/mol. The van der Waals surface area contributed by atoms with Crippen molar-refractivity contribution in [3.63, 3.8) is 0 Å². The van der Waals surface area contributed by atoms with Crippen molar-refractivity contribution in [3.05, 3.63) is 23.5 Å². The van der Waals surface area contributed by atoms with E-state index in [-0.39, 0.29) is 11.9 Å². The Labute approximate surface area is 81.9 Å².